The van der Waals surface area contributed by atoms with Gasteiger partial charge in [-0.3, -0.25) is 9.80 Å². The Kier molecular flexibility index (Phi) is 4.46. The number of nitrogens with one attached hydrogen (secondary N) is 1. The number of hydrazine groups is 1. The monoisotopic (exact) mass is 355 g/mol. The van der Waals surface area contributed by atoms with Gasteiger partial charge in [-0.05, 0) is 42.7 Å². The molecular formula is C20H25N3O3. The molecule has 1 spiro atoms. The average Bonchev–Trinajstić information content (AvgIpc) is 2.57. The Morgan fingerprint density at radius 1 is 1.31 bits per heavy atom. The quantitative estimate of drug-likeness (QED) is 0.703. The van der Waals surface area contributed by atoms with Crippen molar-refractivity contribution in [3.63, 3.8) is 0 Å². The van der Waals surface area contributed by atoms with E-state index in [0.29, 0.717) is 5.41 Å². The van der Waals surface area contributed by atoms with Gasteiger partial charge in [-0.2, -0.15) is 0 Å². The van der Waals surface area contributed by atoms with E-state index < -0.39 is 6.10 Å². The molecule has 3 aliphatic rings. The van der Waals surface area contributed by atoms with E-state index in [2.05, 4.69) is 5.32 Å². The van der Waals surface area contributed by atoms with Gasteiger partial charge >= 0.3 is 0 Å². The van der Waals surface area contributed by atoms with Gasteiger partial charge in [-0.1, -0.05) is 36.8 Å². The van der Waals surface area contributed by atoms with Crippen LogP contribution in [-0.4, -0.2) is 28.2 Å². The summed E-state index contributed by atoms with van der Waals surface area (Å²) in [4.78, 5) is 12.8. The molecule has 6 nitrogen and oxygen atoms in total. The molecule has 0 bridgehead atoms. The van der Waals surface area contributed by atoms with E-state index in [-0.39, 0.29) is 30.0 Å². The minimum absolute atomic E-state index is 0.172. The predicted molar refractivity (Wildman–Crippen MR) is 96.9 cm³/mol. The molecule has 1 aliphatic heterocycles. The molecule has 4 rings (SSSR count). The van der Waals surface area contributed by atoms with E-state index in [1.54, 1.807) is 0 Å². The first-order valence-corrected chi connectivity index (χ1v) is 9.18. The molecule has 0 aromatic heterocycles. The number of amides is 1. The molecule has 1 aromatic rings. The molecule has 6 heteroatoms. The highest BCUT2D eigenvalue weighted by molar-refractivity contribution is 5.94. The summed E-state index contributed by atoms with van der Waals surface area (Å²) in [7, 11) is 0. The lowest BCUT2D eigenvalue weighted by atomic mass is 9.54. The van der Waals surface area contributed by atoms with Crippen LogP contribution in [0.3, 0.4) is 0 Å². The lowest BCUT2D eigenvalue weighted by Crippen LogP contribution is -2.55. The van der Waals surface area contributed by atoms with Crippen LogP contribution >= 0.6 is 0 Å². The lowest BCUT2D eigenvalue weighted by Gasteiger charge is -2.54. The van der Waals surface area contributed by atoms with Crippen molar-refractivity contribution in [3.8, 4) is 0 Å². The number of rotatable bonds is 5. The Balaban J connectivity index is 1.45. The van der Waals surface area contributed by atoms with Crippen molar-refractivity contribution in [2.75, 3.05) is 0 Å². The van der Waals surface area contributed by atoms with Crippen LogP contribution in [-0.2, 0) is 16.1 Å². The number of hydrogen-bond acceptors (Lipinski definition) is 5. The zero-order chi connectivity index (χ0) is 18.1. The first kappa shape index (κ1) is 17.1. The fraction of sp³-hybridized carbons (Fsp3) is 0.450. The van der Waals surface area contributed by atoms with Gasteiger partial charge in [0, 0.05) is 12.2 Å². The molecular weight excluding hydrogens is 330 g/mol. The molecule has 2 fully saturated rings. The summed E-state index contributed by atoms with van der Waals surface area (Å²) < 4.78 is 5.79. The van der Waals surface area contributed by atoms with Crippen LogP contribution in [0.1, 0.15) is 37.7 Å². The van der Waals surface area contributed by atoms with Crippen molar-refractivity contribution >= 4 is 5.91 Å². The average molecular weight is 355 g/mol. The van der Waals surface area contributed by atoms with Gasteiger partial charge in [0.1, 0.15) is 12.7 Å². The van der Waals surface area contributed by atoms with E-state index in [4.69, 9.17) is 10.6 Å². The molecule has 1 heterocycles. The van der Waals surface area contributed by atoms with Gasteiger partial charge in [-0.25, -0.2) is 5.84 Å². The fourth-order valence-corrected chi connectivity index (χ4v) is 4.15. The largest absolute Gasteiger partial charge is 0.488 e. The molecule has 0 saturated heterocycles. The highest BCUT2D eigenvalue weighted by Crippen LogP contribution is 2.55. The topological polar surface area (TPSA) is 87.8 Å². The zero-order valence-corrected chi connectivity index (χ0v) is 14.7. The number of aliphatic hydroxyl groups excluding tert-OH is 1. The van der Waals surface area contributed by atoms with Crippen molar-refractivity contribution < 1.29 is 14.6 Å². The number of carbonyl (C=O) groups is 1. The summed E-state index contributed by atoms with van der Waals surface area (Å²) in [6.45, 7) is 0.262. The van der Waals surface area contributed by atoms with Crippen molar-refractivity contribution in [1.82, 2.24) is 10.3 Å². The number of benzene rings is 1. The molecule has 1 amide bonds. The second-order valence-corrected chi connectivity index (χ2v) is 7.61. The summed E-state index contributed by atoms with van der Waals surface area (Å²) in [5, 5.41) is 14.6. The predicted octanol–water partition coefficient (Wildman–Crippen LogP) is 1.93. The number of nitrogens with zero attached hydrogens (tertiary/aromatic N) is 1. The lowest BCUT2D eigenvalue weighted by molar-refractivity contribution is -0.122. The minimum Gasteiger partial charge on any atom is -0.488 e. The second kappa shape index (κ2) is 6.78. The SMILES string of the molecule is NN1C=CC(O)C(OCc2ccccc2)=C1C(=O)NC1CC2(CCC2)C1. The molecule has 2 aliphatic carbocycles. The molecule has 26 heavy (non-hydrogen) atoms. The van der Waals surface area contributed by atoms with Gasteiger partial charge < -0.3 is 15.2 Å². The highest BCUT2D eigenvalue weighted by Gasteiger charge is 2.48. The standard InChI is InChI=1S/C20H25N3O3/c21-23-10-7-16(24)18(26-13-14-5-2-1-3-6-14)17(23)19(25)22-15-11-20(12-15)8-4-9-20/h1-3,5-7,10,15-16,24H,4,8-9,11-13,21H2,(H,22,25). The molecule has 1 unspecified atom stereocenters. The van der Waals surface area contributed by atoms with Gasteiger partial charge in [-0.15, -0.1) is 0 Å². The van der Waals surface area contributed by atoms with Crippen LogP contribution in [0.5, 0.6) is 0 Å². The first-order valence-electron chi connectivity index (χ1n) is 9.18. The normalized spacial score (nSPS) is 24.2. The number of aliphatic hydroxyl groups is 1. The third-order valence-electron chi connectivity index (χ3n) is 5.75. The zero-order valence-electron chi connectivity index (χ0n) is 14.7. The summed E-state index contributed by atoms with van der Waals surface area (Å²) in [6.07, 6.45) is 7.93. The smallest absolute Gasteiger partial charge is 0.273 e. The Labute approximate surface area is 153 Å². The second-order valence-electron chi connectivity index (χ2n) is 7.61. The van der Waals surface area contributed by atoms with Crippen molar-refractivity contribution in [2.24, 2.45) is 11.3 Å². The summed E-state index contributed by atoms with van der Waals surface area (Å²) in [6, 6.07) is 9.80. The van der Waals surface area contributed by atoms with Gasteiger partial charge in [0.25, 0.3) is 5.91 Å². The third kappa shape index (κ3) is 3.22. The van der Waals surface area contributed by atoms with E-state index in [9.17, 15) is 9.90 Å². The van der Waals surface area contributed by atoms with Crippen LogP contribution in [0.4, 0.5) is 0 Å². The van der Waals surface area contributed by atoms with Gasteiger partial charge in [0.05, 0.1) is 0 Å². The van der Waals surface area contributed by atoms with E-state index >= 15 is 0 Å². The van der Waals surface area contributed by atoms with Crippen molar-refractivity contribution in [1.29, 1.82) is 0 Å². The Morgan fingerprint density at radius 2 is 2.04 bits per heavy atom. The maximum atomic E-state index is 12.8. The Hall–Kier alpha value is -2.31. The van der Waals surface area contributed by atoms with Crippen LogP contribution in [0.2, 0.25) is 0 Å². The highest BCUT2D eigenvalue weighted by atomic mass is 16.5. The number of nitrogens with two attached hydrogens (primary N) is 1. The molecule has 1 aromatic carbocycles. The fourth-order valence-electron chi connectivity index (χ4n) is 4.15. The molecule has 138 valence electrons. The van der Waals surface area contributed by atoms with Crippen LogP contribution in [0, 0.1) is 5.41 Å². The van der Waals surface area contributed by atoms with Crippen LogP contribution in [0.15, 0.2) is 54.1 Å². The molecule has 2 saturated carbocycles. The number of ether oxygens (including phenoxy) is 1. The van der Waals surface area contributed by atoms with E-state index in [1.807, 2.05) is 30.3 Å². The molecule has 1 atom stereocenters. The molecule has 4 N–H and O–H groups in total. The summed E-state index contributed by atoms with van der Waals surface area (Å²) in [5.74, 6) is 5.86. The maximum absolute atomic E-state index is 12.8. The number of carbonyl (C=O) groups excluding carboxylic acids is 1. The van der Waals surface area contributed by atoms with Crippen molar-refractivity contribution in [2.45, 2.75) is 50.9 Å². The molecule has 0 radical (unpaired) electrons. The third-order valence-corrected chi connectivity index (χ3v) is 5.75. The summed E-state index contributed by atoms with van der Waals surface area (Å²) in [5.41, 5.74) is 1.61. The first-order chi connectivity index (χ1) is 12.6. The van der Waals surface area contributed by atoms with E-state index in [1.165, 1.54) is 36.5 Å². The maximum Gasteiger partial charge on any atom is 0.273 e. The van der Waals surface area contributed by atoms with Crippen LogP contribution < -0.4 is 11.2 Å². The van der Waals surface area contributed by atoms with Gasteiger partial charge in [0.15, 0.2) is 11.5 Å². The summed E-state index contributed by atoms with van der Waals surface area (Å²) >= 11 is 0. The minimum atomic E-state index is -0.987. The van der Waals surface area contributed by atoms with Crippen molar-refractivity contribution in [3.05, 3.63) is 59.6 Å². The number of hydrogen-bond donors (Lipinski definition) is 3. The Bertz CT molecular complexity index is 732. The van der Waals surface area contributed by atoms with E-state index in [0.717, 1.165) is 18.4 Å². The Morgan fingerprint density at radius 3 is 2.69 bits per heavy atom. The van der Waals surface area contributed by atoms with Gasteiger partial charge in [0.2, 0.25) is 0 Å². The van der Waals surface area contributed by atoms with Crippen LogP contribution in [0.25, 0.3) is 0 Å².